The van der Waals surface area contributed by atoms with Crippen molar-refractivity contribution in [1.29, 1.82) is 0 Å². The number of methoxy groups -OCH3 is 2. The van der Waals surface area contributed by atoms with E-state index < -0.39 is 0 Å². The number of hydrogen-bond donors (Lipinski definition) is 0. The maximum atomic E-state index is 6.28. The van der Waals surface area contributed by atoms with Gasteiger partial charge in [-0.1, -0.05) is 31.4 Å². The molecule has 1 fully saturated rings. The Morgan fingerprint density at radius 3 is 2.48 bits per heavy atom. The van der Waals surface area contributed by atoms with E-state index in [1.807, 2.05) is 24.3 Å². The molecule has 4 heteroatoms. The van der Waals surface area contributed by atoms with Crippen LogP contribution in [0.2, 0.25) is 0 Å². The number of aryl methyl sites for hydroxylation is 1. The van der Waals surface area contributed by atoms with Crippen LogP contribution in [0.3, 0.4) is 0 Å². The first-order valence-corrected chi connectivity index (χ1v) is 10.4. The van der Waals surface area contributed by atoms with Crippen LogP contribution < -0.4 is 14.8 Å². The Bertz CT molecular complexity index is 1080. The summed E-state index contributed by atoms with van der Waals surface area (Å²) < 4.78 is 17.1. The Morgan fingerprint density at radius 1 is 0.931 bits per heavy atom. The van der Waals surface area contributed by atoms with E-state index in [-0.39, 0.29) is 0 Å². The summed E-state index contributed by atoms with van der Waals surface area (Å²) in [6, 6.07) is 14.6. The molecule has 0 saturated heterocycles. The van der Waals surface area contributed by atoms with Crippen LogP contribution in [0.5, 0.6) is 11.5 Å². The van der Waals surface area contributed by atoms with E-state index in [9.17, 15) is 0 Å². The molecule has 0 N–H and O–H groups in total. The fraction of sp³-hybridized carbons (Fsp3) is 0.400. The molecule has 2 atom stereocenters. The van der Waals surface area contributed by atoms with Crippen LogP contribution >= 0.6 is 0 Å². The molecule has 152 valence electrons. The van der Waals surface area contributed by atoms with Crippen molar-refractivity contribution in [3.05, 3.63) is 53.4 Å². The average Bonchev–Trinajstić information content (AvgIpc) is 2.75. The van der Waals surface area contributed by atoms with E-state index in [0.717, 1.165) is 34.1 Å². The van der Waals surface area contributed by atoms with E-state index in [2.05, 4.69) is 32.0 Å². The van der Waals surface area contributed by atoms with Gasteiger partial charge in [-0.3, -0.25) is 4.99 Å². The Morgan fingerprint density at radius 2 is 1.72 bits per heavy atom. The summed E-state index contributed by atoms with van der Waals surface area (Å²) in [5, 5.41) is 2.09. The third kappa shape index (κ3) is 4.02. The molecule has 1 aromatic heterocycles. The number of rotatable bonds is 4. The molecular formula is C25H29NO3. The molecule has 1 saturated carbocycles. The van der Waals surface area contributed by atoms with Crippen LogP contribution in [0.15, 0.2) is 51.9 Å². The van der Waals surface area contributed by atoms with Crippen molar-refractivity contribution in [2.75, 3.05) is 14.2 Å². The summed E-state index contributed by atoms with van der Waals surface area (Å²) >= 11 is 0. The van der Waals surface area contributed by atoms with Gasteiger partial charge < -0.3 is 13.9 Å². The third-order valence-corrected chi connectivity index (χ3v) is 5.94. The van der Waals surface area contributed by atoms with Gasteiger partial charge in [0.2, 0.25) is 0 Å². The Hall–Kier alpha value is -2.75. The molecule has 1 aliphatic carbocycles. The largest absolute Gasteiger partial charge is 0.493 e. The number of ether oxygens (including phenoxy) is 2. The van der Waals surface area contributed by atoms with Crippen molar-refractivity contribution in [3.63, 3.8) is 0 Å². The second-order valence-corrected chi connectivity index (χ2v) is 8.02. The highest BCUT2D eigenvalue weighted by Crippen LogP contribution is 2.33. The molecule has 1 heterocycles. The van der Waals surface area contributed by atoms with Crippen molar-refractivity contribution in [2.45, 2.75) is 45.6 Å². The van der Waals surface area contributed by atoms with E-state index in [1.54, 1.807) is 14.2 Å². The van der Waals surface area contributed by atoms with Gasteiger partial charge in [-0.25, -0.2) is 0 Å². The van der Waals surface area contributed by atoms with Gasteiger partial charge in [0.15, 0.2) is 11.5 Å². The Kier molecular flexibility index (Phi) is 5.61. The lowest BCUT2D eigenvalue weighted by Gasteiger charge is -2.25. The lowest BCUT2D eigenvalue weighted by molar-refractivity contribution is 0.328. The van der Waals surface area contributed by atoms with Crippen LogP contribution in [-0.2, 0) is 0 Å². The lowest BCUT2D eigenvalue weighted by atomic mass is 9.86. The molecule has 29 heavy (non-hydrogen) atoms. The van der Waals surface area contributed by atoms with Crippen molar-refractivity contribution in [2.24, 2.45) is 10.9 Å². The Balaban J connectivity index is 1.89. The highest BCUT2D eigenvalue weighted by atomic mass is 16.5. The minimum atomic E-state index is 0.369. The number of nitrogens with zero attached hydrogens (tertiary/aromatic N) is 1. The number of fused-ring (bicyclic) bond motifs is 1. The monoisotopic (exact) mass is 391 g/mol. The standard InChI is InChI=1S/C25H29NO3/c1-16-9-11-22-19(13-16)21(26-20-8-6-5-7-17(20)2)15-24(29-22)18-10-12-23(27-3)25(14-18)28-4/h9-15,17,20H,5-8H2,1-4H3/t17-,20+/m0/s1. The van der Waals surface area contributed by atoms with Crippen LogP contribution in [0.25, 0.3) is 22.3 Å². The molecule has 0 radical (unpaired) electrons. The molecule has 4 rings (SSSR count). The predicted octanol–water partition coefficient (Wildman–Crippen LogP) is 5.90. The van der Waals surface area contributed by atoms with Gasteiger partial charge in [-0.2, -0.15) is 0 Å². The molecule has 1 aliphatic rings. The fourth-order valence-corrected chi connectivity index (χ4v) is 4.19. The van der Waals surface area contributed by atoms with Gasteiger partial charge in [0, 0.05) is 17.0 Å². The first kappa shape index (κ1) is 19.6. The van der Waals surface area contributed by atoms with Crippen molar-refractivity contribution in [1.82, 2.24) is 0 Å². The zero-order valence-corrected chi connectivity index (χ0v) is 17.7. The first-order chi connectivity index (χ1) is 14.1. The quantitative estimate of drug-likeness (QED) is 0.556. The fourth-order valence-electron chi connectivity index (χ4n) is 4.19. The summed E-state index contributed by atoms with van der Waals surface area (Å²) in [5.41, 5.74) is 3.00. The molecule has 0 aliphatic heterocycles. The van der Waals surface area contributed by atoms with Crippen molar-refractivity contribution in [3.8, 4) is 22.8 Å². The summed E-state index contributed by atoms with van der Waals surface area (Å²) in [6.45, 7) is 4.43. The summed E-state index contributed by atoms with van der Waals surface area (Å²) in [5.74, 6) is 2.78. The molecule has 3 aromatic rings. The summed E-state index contributed by atoms with van der Waals surface area (Å²) in [6.07, 6.45) is 4.99. The molecule has 0 amide bonds. The van der Waals surface area contributed by atoms with Crippen LogP contribution in [0.1, 0.15) is 38.2 Å². The molecule has 4 nitrogen and oxygen atoms in total. The van der Waals surface area contributed by atoms with Crippen LogP contribution in [-0.4, -0.2) is 20.3 Å². The maximum Gasteiger partial charge on any atom is 0.161 e. The second kappa shape index (κ2) is 8.32. The van der Waals surface area contributed by atoms with Gasteiger partial charge in [0.1, 0.15) is 11.3 Å². The van der Waals surface area contributed by atoms with Gasteiger partial charge in [-0.15, -0.1) is 0 Å². The lowest BCUT2D eigenvalue weighted by Crippen LogP contribution is -2.23. The van der Waals surface area contributed by atoms with Crippen LogP contribution in [0, 0.1) is 12.8 Å². The Labute approximate surface area is 172 Å². The molecule has 0 bridgehead atoms. The van der Waals surface area contributed by atoms with Crippen molar-refractivity contribution < 1.29 is 13.9 Å². The van der Waals surface area contributed by atoms with Gasteiger partial charge in [-0.05, 0) is 56.0 Å². The molecule has 0 unspecified atom stereocenters. The summed E-state index contributed by atoms with van der Waals surface area (Å²) in [4.78, 5) is 5.21. The summed E-state index contributed by atoms with van der Waals surface area (Å²) in [7, 11) is 3.29. The first-order valence-electron chi connectivity index (χ1n) is 10.4. The predicted molar refractivity (Wildman–Crippen MR) is 116 cm³/mol. The molecule has 2 aromatic carbocycles. The van der Waals surface area contributed by atoms with Gasteiger partial charge >= 0.3 is 0 Å². The minimum Gasteiger partial charge on any atom is -0.493 e. The zero-order valence-electron chi connectivity index (χ0n) is 17.7. The highest BCUT2D eigenvalue weighted by Gasteiger charge is 2.20. The highest BCUT2D eigenvalue weighted by molar-refractivity contribution is 5.79. The second-order valence-electron chi connectivity index (χ2n) is 8.02. The molecule has 0 spiro atoms. The van der Waals surface area contributed by atoms with Crippen molar-refractivity contribution >= 4 is 11.0 Å². The minimum absolute atomic E-state index is 0.369. The number of benzene rings is 2. The normalized spacial score (nSPS) is 20.1. The van der Waals surface area contributed by atoms with Gasteiger partial charge in [0.05, 0.1) is 25.6 Å². The van der Waals surface area contributed by atoms with Crippen LogP contribution in [0.4, 0.5) is 0 Å². The molecular weight excluding hydrogens is 362 g/mol. The number of hydrogen-bond acceptors (Lipinski definition) is 4. The third-order valence-electron chi connectivity index (χ3n) is 5.94. The van der Waals surface area contributed by atoms with E-state index in [4.69, 9.17) is 18.9 Å². The average molecular weight is 392 g/mol. The van der Waals surface area contributed by atoms with E-state index in [1.165, 1.54) is 24.8 Å². The van der Waals surface area contributed by atoms with E-state index >= 15 is 0 Å². The van der Waals surface area contributed by atoms with E-state index in [0.29, 0.717) is 23.5 Å². The van der Waals surface area contributed by atoms with Gasteiger partial charge in [0.25, 0.3) is 0 Å². The smallest absolute Gasteiger partial charge is 0.161 e. The zero-order chi connectivity index (χ0) is 20.4. The SMILES string of the molecule is COc1ccc(-c2cc(=N[C@@H]3CCCC[C@@H]3C)c3cc(C)ccc3o2)cc1OC. The topological polar surface area (TPSA) is 44.0 Å². The maximum absolute atomic E-state index is 6.28.